The lowest BCUT2D eigenvalue weighted by Crippen LogP contribution is -2.52. The number of morpholine rings is 1. The van der Waals surface area contributed by atoms with Crippen molar-refractivity contribution in [2.24, 2.45) is 10.9 Å². The highest BCUT2D eigenvalue weighted by Crippen LogP contribution is 2.23. The predicted octanol–water partition coefficient (Wildman–Crippen LogP) is 1.14. The van der Waals surface area contributed by atoms with Gasteiger partial charge in [0.25, 0.3) is 10.0 Å². The van der Waals surface area contributed by atoms with Crippen molar-refractivity contribution in [1.29, 1.82) is 0 Å². The fourth-order valence-electron chi connectivity index (χ4n) is 4.68. The maximum Gasteiger partial charge on any atom is 0.263 e. The van der Waals surface area contributed by atoms with E-state index in [1.165, 1.54) is 0 Å². The molecule has 1 amide bonds. The molecule has 2 unspecified atom stereocenters. The molecule has 9 nitrogen and oxygen atoms in total. The summed E-state index contributed by atoms with van der Waals surface area (Å²) in [5.74, 6) is 0.949. The van der Waals surface area contributed by atoms with Gasteiger partial charge in [0.2, 0.25) is 5.91 Å². The normalized spacial score (nSPS) is 24.4. The molecule has 0 bridgehead atoms. The van der Waals surface area contributed by atoms with Crippen molar-refractivity contribution in [2.75, 3.05) is 52.6 Å². The molecular formula is C23H34N4O5S. The van der Waals surface area contributed by atoms with Gasteiger partial charge in [0, 0.05) is 56.7 Å². The van der Waals surface area contributed by atoms with E-state index in [4.69, 9.17) is 9.47 Å². The summed E-state index contributed by atoms with van der Waals surface area (Å²) in [6, 6.07) is 7.16. The summed E-state index contributed by atoms with van der Waals surface area (Å²) in [7, 11) is -3.49. The standard InChI is InChI=1S/C23H34N4O5S/c28-22(25-16-20(18-9-13-32-17-18)27-11-14-31-15-12-27)8-2-1-5-10-24-23-19-6-3-4-7-21(19)33(29,30)26-23/h3-4,6-7,18,20H,1-2,5,8-17H2,(H,24,26)(H,25,28). The topological polar surface area (TPSA) is 109 Å². The summed E-state index contributed by atoms with van der Waals surface area (Å²) in [5, 5.41) is 3.13. The smallest absolute Gasteiger partial charge is 0.263 e. The number of carbonyl (C=O) groups excluding carboxylic acids is 1. The molecule has 10 heteroatoms. The number of amidine groups is 1. The molecular weight excluding hydrogens is 444 g/mol. The number of nitrogens with one attached hydrogen (secondary N) is 2. The van der Waals surface area contributed by atoms with Crippen LogP contribution in [0.25, 0.3) is 0 Å². The molecule has 0 spiro atoms. The van der Waals surface area contributed by atoms with Gasteiger partial charge >= 0.3 is 0 Å². The third-order valence-electron chi connectivity index (χ3n) is 6.53. The van der Waals surface area contributed by atoms with Crippen molar-refractivity contribution in [3.05, 3.63) is 29.8 Å². The SMILES string of the molecule is O=C(CCCCCN=C1NS(=O)(=O)c2ccccc21)NCC(C1CCOC1)N1CCOCC1. The minimum absolute atomic E-state index is 0.0796. The molecule has 3 aliphatic rings. The second kappa shape index (κ2) is 11.4. The van der Waals surface area contributed by atoms with Crippen LogP contribution >= 0.6 is 0 Å². The van der Waals surface area contributed by atoms with Gasteiger partial charge in [0.05, 0.1) is 24.7 Å². The fraction of sp³-hybridized carbons (Fsp3) is 0.652. The Hall–Kier alpha value is -2.01. The molecule has 182 valence electrons. The third-order valence-corrected chi connectivity index (χ3v) is 7.92. The van der Waals surface area contributed by atoms with E-state index in [2.05, 4.69) is 19.9 Å². The summed E-state index contributed by atoms with van der Waals surface area (Å²) in [6.45, 7) is 6.04. The van der Waals surface area contributed by atoms with Crippen LogP contribution in [0.4, 0.5) is 0 Å². The molecule has 0 aromatic heterocycles. The second-order valence-corrected chi connectivity index (χ2v) is 10.4. The Balaban J connectivity index is 1.16. The van der Waals surface area contributed by atoms with E-state index < -0.39 is 10.0 Å². The Morgan fingerprint density at radius 3 is 2.76 bits per heavy atom. The molecule has 33 heavy (non-hydrogen) atoms. The predicted molar refractivity (Wildman–Crippen MR) is 125 cm³/mol. The Morgan fingerprint density at radius 1 is 1.15 bits per heavy atom. The fourth-order valence-corrected chi connectivity index (χ4v) is 5.93. The maximum absolute atomic E-state index is 12.4. The number of rotatable bonds is 10. The van der Waals surface area contributed by atoms with Gasteiger partial charge in [0.1, 0.15) is 5.84 Å². The average Bonchev–Trinajstić information content (AvgIpc) is 3.44. The monoisotopic (exact) mass is 478 g/mol. The van der Waals surface area contributed by atoms with Crippen molar-refractivity contribution in [3.63, 3.8) is 0 Å². The average molecular weight is 479 g/mol. The van der Waals surface area contributed by atoms with Gasteiger partial charge in [-0.2, -0.15) is 0 Å². The third kappa shape index (κ3) is 6.32. The summed E-state index contributed by atoms with van der Waals surface area (Å²) in [6.07, 6.45) is 3.98. The second-order valence-electron chi connectivity index (χ2n) is 8.79. The minimum atomic E-state index is -3.49. The lowest BCUT2D eigenvalue weighted by molar-refractivity contribution is -0.121. The van der Waals surface area contributed by atoms with Gasteiger partial charge in [-0.05, 0) is 31.4 Å². The number of unbranched alkanes of at least 4 members (excludes halogenated alkanes) is 2. The van der Waals surface area contributed by atoms with Crippen LogP contribution in [0, 0.1) is 5.92 Å². The summed E-state index contributed by atoms with van der Waals surface area (Å²) in [5.41, 5.74) is 0.624. The van der Waals surface area contributed by atoms with Gasteiger partial charge in [-0.25, -0.2) is 8.42 Å². The first-order valence-corrected chi connectivity index (χ1v) is 13.4. The number of benzene rings is 1. The first-order chi connectivity index (χ1) is 16.0. The molecule has 4 rings (SSSR count). The van der Waals surface area contributed by atoms with E-state index in [9.17, 15) is 13.2 Å². The quantitative estimate of drug-likeness (QED) is 0.488. The van der Waals surface area contributed by atoms with E-state index in [-0.39, 0.29) is 10.8 Å². The van der Waals surface area contributed by atoms with E-state index in [0.717, 1.165) is 65.2 Å². The van der Waals surface area contributed by atoms with Crippen molar-refractivity contribution in [3.8, 4) is 0 Å². The van der Waals surface area contributed by atoms with E-state index >= 15 is 0 Å². The van der Waals surface area contributed by atoms with Gasteiger partial charge in [-0.3, -0.25) is 19.4 Å². The first kappa shape index (κ1) is 24.1. The zero-order valence-corrected chi connectivity index (χ0v) is 19.8. The highest BCUT2D eigenvalue weighted by atomic mass is 32.2. The number of hydrogen-bond donors (Lipinski definition) is 2. The van der Waals surface area contributed by atoms with Crippen LogP contribution in [0.1, 0.15) is 37.7 Å². The first-order valence-electron chi connectivity index (χ1n) is 11.9. The number of nitrogens with zero attached hydrogens (tertiary/aromatic N) is 2. The van der Waals surface area contributed by atoms with Crippen LogP contribution in [-0.2, 0) is 24.3 Å². The van der Waals surface area contributed by atoms with Crippen molar-refractivity contribution < 1.29 is 22.7 Å². The number of hydrogen-bond acceptors (Lipinski definition) is 7. The van der Waals surface area contributed by atoms with E-state index in [1.54, 1.807) is 24.3 Å². The Morgan fingerprint density at radius 2 is 1.97 bits per heavy atom. The molecule has 2 fully saturated rings. The molecule has 3 aliphatic heterocycles. The molecule has 2 saturated heterocycles. The minimum Gasteiger partial charge on any atom is -0.381 e. The van der Waals surface area contributed by atoms with Gasteiger partial charge in [0.15, 0.2) is 0 Å². The number of sulfonamides is 1. The maximum atomic E-state index is 12.4. The number of amides is 1. The van der Waals surface area contributed by atoms with Gasteiger partial charge < -0.3 is 14.8 Å². The highest BCUT2D eigenvalue weighted by Gasteiger charge is 2.32. The zero-order chi connectivity index (χ0) is 23.1. The lowest BCUT2D eigenvalue weighted by Gasteiger charge is -2.37. The van der Waals surface area contributed by atoms with Crippen LogP contribution in [0.3, 0.4) is 0 Å². The molecule has 1 aromatic carbocycles. The van der Waals surface area contributed by atoms with Crippen molar-refractivity contribution >= 4 is 21.8 Å². The van der Waals surface area contributed by atoms with Crippen LogP contribution in [0.5, 0.6) is 0 Å². The van der Waals surface area contributed by atoms with E-state index in [0.29, 0.717) is 42.9 Å². The lowest BCUT2D eigenvalue weighted by atomic mass is 9.96. The summed E-state index contributed by atoms with van der Waals surface area (Å²) >= 11 is 0. The summed E-state index contributed by atoms with van der Waals surface area (Å²) in [4.78, 5) is 19.5. The Kier molecular flexibility index (Phi) is 8.34. The number of aliphatic imine (C=N–C) groups is 1. The van der Waals surface area contributed by atoms with Crippen molar-refractivity contribution in [2.45, 2.75) is 43.0 Å². The molecule has 1 aromatic rings. The van der Waals surface area contributed by atoms with Crippen LogP contribution in [0.2, 0.25) is 0 Å². The van der Waals surface area contributed by atoms with Crippen LogP contribution in [0.15, 0.2) is 34.2 Å². The molecule has 3 heterocycles. The molecule has 2 atom stereocenters. The highest BCUT2D eigenvalue weighted by molar-refractivity contribution is 7.90. The number of carbonyl (C=O) groups is 1. The molecule has 0 radical (unpaired) electrons. The summed E-state index contributed by atoms with van der Waals surface area (Å²) < 4.78 is 37.8. The molecule has 2 N–H and O–H groups in total. The van der Waals surface area contributed by atoms with Gasteiger partial charge in [-0.15, -0.1) is 0 Å². The Bertz CT molecular complexity index is 940. The Labute approximate surface area is 196 Å². The largest absolute Gasteiger partial charge is 0.381 e. The van der Waals surface area contributed by atoms with Crippen LogP contribution < -0.4 is 10.0 Å². The van der Waals surface area contributed by atoms with Crippen molar-refractivity contribution in [1.82, 2.24) is 14.9 Å². The number of fused-ring (bicyclic) bond motifs is 1. The molecule has 0 aliphatic carbocycles. The molecule has 0 saturated carbocycles. The van der Waals surface area contributed by atoms with E-state index in [1.807, 2.05) is 0 Å². The zero-order valence-electron chi connectivity index (χ0n) is 19.0. The van der Waals surface area contributed by atoms with Gasteiger partial charge in [-0.1, -0.05) is 18.6 Å². The van der Waals surface area contributed by atoms with Crippen LogP contribution in [-0.4, -0.2) is 83.7 Å². The number of ether oxygens (including phenoxy) is 2.